The van der Waals surface area contributed by atoms with Crippen LogP contribution in [0.4, 0.5) is 0 Å². The highest BCUT2D eigenvalue weighted by molar-refractivity contribution is 5.71. The van der Waals surface area contributed by atoms with Crippen molar-refractivity contribution in [1.29, 1.82) is 0 Å². The second-order valence-corrected chi connectivity index (χ2v) is 9.06. The highest BCUT2D eigenvalue weighted by Crippen LogP contribution is 2.54. The molecule has 0 aromatic heterocycles. The molecule has 0 spiro atoms. The highest BCUT2D eigenvalue weighted by atomic mass is 16.5. The Morgan fingerprint density at radius 3 is 2.60 bits per heavy atom. The van der Waals surface area contributed by atoms with Crippen LogP contribution in [0.2, 0.25) is 0 Å². The predicted octanol–water partition coefficient (Wildman–Crippen LogP) is 5.50. The molecule has 1 aromatic carbocycles. The van der Waals surface area contributed by atoms with Gasteiger partial charge in [0.05, 0.1) is 0 Å². The van der Waals surface area contributed by atoms with Crippen LogP contribution in [0.25, 0.3) is 0 Å². The largest absolute Gasteiger partial charge is 0.487 e. The molecular formula is C25H34O5. The van der Waals surface area contributed by atoms with E-state index in [1.807, 2.05) is 6.07 Å². The zero-order valence-corrected chi connectivity index (χ0v) is 18.9. The fourth-order valence-corrected chi connectivity index (χ4v) is 4.78. The average Bonchev–Trinajstić information content (AvgIpc) is 2.65. The van der Waals surface area contributed by atoms with E-state index in [0.717, 1.165) is 54.6 Å². The first-order valence-electron chi connectivity index (χ1n) is 11.1. The van der Waals surface area contributed by atoms with Gasteiger partial charge in [0.1, 0.15) is 23.7 Å². The quantitative estimate of drug-likeness (QED) is 0.255. The molecule has 0 bridgehead atoms. The molecule has 0 radical (unpaired) electrons. The Kier molecular flexibility index (Phi) is 6.89. The number of hydrogen-bond acceptors (Lipinski definition) is 5. The van der Waals surface area contributed by atoms with E-state index in [-0.39, 0.29) is 29.4 Å². The average molecular weight is 415 g/mol. The Balaban J connectivity index is 1.99. The molecule has 30 heavy (non-hydrogen) atoms. The van der Waals surface area contributed by atoms with Gasteiger partial charge in [-0.3, -0.25) is 9.59 Å². The number of allylic oxidation sites excluding steroid dienone is 1. The lowest BCUT2D eigenvalue weighted by Crippen LogP contribution is -2.45. The summed E-state index contributed by atoms with van der Waals surface area (Å²) in [7, 11) is 0. The van der Waals surface area contributed by atoms with E-state index in [0.29, 0.717) is 12.4 Å². The summed E-state index contributed by atoms with van der Waals surface area (Å²) in [6.45, 7) is 9.63. The van der Waals surface area contributed by atoms with Crippen molar-refractivity contribution < 1.29 is 23.8 Å². The molecule has 0 fully saturated rings. The third kappa shape index (κ3) is 5.05. The molecule has 1 heterocycles. The van der Waals surface area contributed by atoms with Crippen molar-refractivity contribution in [2.24, 2.45) is 5.92 Å². The second-order valence-electron chi connectivity index (χ2n) is 9.06. The first-order valence-corrected chi connectivity index (χ1v) is 11.1. The van der Waals surface area contributed by atoms with E-state index in [9.17, 15) is 9.59 Å². The zero-order chi connectivity index (χ0) is 21.9. The van der Waals surface area contributed by atoms with E-state index in [4.69, 9.17) is 14.2 Å². The first kappa shape index (κ1) is 22.4. The summed E-state index contributed by atoms with van der Waals surface area (Å²) in [6.07, 6.45) is 8.13. The zero-order valence-electron chi connectivity index (χ0n) is 18.9. The standard InChI is InChI=1S/C25H34O5/c1-6-7-8-9-18-13-22(29-17(3)27)24-20-12-19(15-28-16(2)26)10-11-21(20)25(4,5)30-23(24)14-18/h10,13-14,20-21H,6-9,11-12,15H2,1-5H3/t20-,21-/m1/s1. The molecule has 0 unspecified atom stereocenters. The van der Waals surface area contributed by atoms with Crippen molar-refractivity contribution >= 4 is 11.9 Å². The van der Waals surface area contributed by atoms with Crippen molar-refractivity contribution in [1.82, 2.24) is 0 Å². The van der Waals surface area contributed by atoms with E-state index in [1.165, 1.54) is 20.3 Å². The molecule has 0 N–H and O–H groups in total. The number of aryl methyl sites for hydroxylation is 1. The van der Waals surface area contributed by atoms with Gasteiger partial charge < -0.3 is 14.2 Å². The summed E-state index contributed by atoms with van der Waals surface area (Å²) < 4.78 is 17.4. The molecular weight excluding hydrogens is 380 g/mol. The SMILES string of the molecule is CCCCCc1cc(OC(C)=O)c2c(c1)OC(C)(C)[C@@H]1CC=C(COC(C)=O)C[C@@H]21. The normalized spacial score (nSPS) is 21.6. The van der Waals surface area contributed by atoms with Gasteiger partial charge in [-0.2, -0.15) is 0 Å². The number of unbranched alkanes of at least 4 members (excludes halogenated alkanes) is 2. The fraction of sp³-hybridized carbons (Fsp3) is 0.600. The minimum atomic E-state index is -0.337. The third-order valence-corrected chi connectivity index (χ3v) is 6.21. The van der Waals surface area contributed by atoms with Crippen LogP contribution in [-0.2, 0) is 20.7 Å². The van der Waals surface area contributed by atoms with Gasteiger partial charge in [0.25, 0.3) is 0 Å². The maximum Gasteiger partial charge on any atom is 0.308 e. The van der Waals surface area contributed by atoms with Gasteiger partial charge in [-0.15, -0.1) is 0 Å². The molecule has 1 aliphatic heterocycles. The van der Waals surface area contributed by atoms with Crippen molar-refractivity contribution in [2.45, 2.75) is 84.7 Å². The summed E-state index contributed by atoms with van der Waals surface area (Å²) in [5, 5.41) is 0. The molecule has 1 aromatic rings. The number of hydrogen-bond donors (Lipinski definition) is 0. The van der Waals surface area contributed by atoms with E-state index in [1.54, 1.807) is 0 Å². The van der Waals surface area contributed by atoms with Crippen LogP contribution < -0.4 is 9.47 Å². The molecule has 1 aliphatic carbocycles. The summed E-state index contributed by atoms with van der Waals surface area (Å²) in [6, 6.07) is 4.14. The topological polar surface area (TPSA) is 61.8 Å². The summed E-state index contributed by atoms with van der Waals surface area (Å²) in [5.74, 6) is 1.24. The summed E-state index contributed by atoms with van der Waals surface area (Å²) in [4.78, 5) is 23.1. The lowest BCUT2D eigenvalue weighted by atomic mass is 9.67. The minimum absolute atomic E-state index is 0.151. The van der Waals surface area contributed by atoms with E-state index < -0.39 is 0 Å². The number of benzene rings is 1. The fourth-order valence-electron chi connectivity index (χ4n) is 4.78. The van der Waals surface area contributed by atoms with Crippen LogP contribution in [0.15, 0.2) is 23.8 Å². The Morgan fingerprint density at radius 1 is 1.17 bits per heavy atom. The van der Waals surface area contributed by atoms with Crippen LogP contribution in [0, 0.1) is 5.92 Å². The molecule has 5 nitrogen and oxygen atoms in total. The first-order chi connectivity index (χ1) is 14.2. The number of carbonyl (C=O) groups is 2. The molecule has 0 amide bonds. The molecule has 0 saturated carbocycles. The van der Waals surface area contributed by atoms with Gasteiger partial charge in [-0.05, 0) is 62.8 Å². The van der Waals surface area contributed by atoms with Crippen molar-refractivity contribution in [3.8, 4) is 11.5 Å². The predicted molar refractivity (Wildman–Crippen MR) is 116 cm³/mol. The Labute approximate surface area is 179 Å². The van der Waals surface area contributed by atoms with Crippen LogP contribution >= 0.6 is 0 Å². The van der Waals surface area contributed by atoms with Crippen LogP contribution in [0.3, 0.4) is 0 Å². The number of esters is 2. The molecule has 5 heteroatoms. The molecule has 164 valence electrons. The van der Waals surface area contributed by atoms with Gasteiger partial charge >= 0.3 is 11.9 Å². The minimum Gasteiger partial charge on any atom is -0.487 e. The summed E-state index contributed by atoms with van der Waals surface area (Å²) in [5.41, 5.74) is 2.88. The molecule has 3 rings (SSSR count). The molecule has 0 saturated heterocycles. The molecule has 2 aliphatic rings. The lowest BCUT2D eigenvalue weighted by molar-refractivity contribution is -0.140. The van der Waals surface area contributed by atoms with Crippen molar-refractivity contribution in [3.63, 3.8) is 0 Å². The maximum atomic E-state index is 11.9. The lowest BCUT2D eigenvalue weighted by Gasteiger charge is -2.47. The van der Waals surface area contributed by atoms with E-state index >= 15 is 0 Å². The number of fused-ring (bicyclic) bond motifs is 3. The summed E-state index contributed by atoms with van der Waals surface area (Å²) >= 11 is 0. The van der Waals surface area contributed by atoms with Crippen LogP contribution in [0.5, 0.6) is 11.5 Å². The van der Waals surface area contributed by atoms with E-state index in [2.05, 4.69) is 32.9 Å². The van der Waals surface area contributed by atoms with Gasteiger partial charge in [0.15, 0.2) is 0 Å². The van der Waals surface area contributed by atoms with Crippen molar-refractivity contribution in [3.05, 3.63) is 34.9 Å². The Morgan fingerprint density at radius 2 is 1.93 bits per heavy atom. The van der Waals surface area contributed by atoms with Gasteiger partial charge in [-0.25, -0.2) is 0 Å². The third-order valence-electron chi connectivity index (χ3n) is 6.21. The highest BCUT2D eigenvalue weighted by Gasteiger charge is 2.46. The van der Waals surface area contributed by atoms with Crippen LogP contribution in [-0.4, -0.2) is 24.1 Å². The van der Waals surface area contributed by atoms with Gasteiger partial charge in [0, 0.05) is 31.2 Å². The van der Waals surface area contributed by atoms with Gasteiger partial charge in [0.2, 0.25) is 0 Å². The molecule has 2 atom stereocenters. The monoisotopic (exact) mass is 414 g/mol. The number of rotatable bonds is 7. The number of carbonyl (C=O) groups excluding carboxylic acids is 2. The van der Waals surface area contributed by atoms with Crippen molar-refractivity contribution in [2.75, 3.05) is 6.61 Å². The smallest absolute Gasteiger partial charge is 0.308 e. The Bertz CT molecular complexity index is 836. The number of ether oxygens (including phenoxy) is 3. The second kappa shape index (κ2) is 9.23. The Hall–Kier alpha value is -2.30. The van der Waals surface area contributed by atoms with Crippen LogP contribution in [0.1, 0.15) is 83.8 Å². The maximum absolute atomic E-state index is 11.9. The van der Waals surface area contributed by atoms with Gasteiger partial charge in [-0.1, -0.05) is 25.8 Å².